The number of carboxylic acids is 1. The molecule has 0 aliphatic heterocycles. The van der Waals surface area contributed by atoms with Crippen molar-refractivity contribution in [1.29, 1.82) is 0 Å². The molecule has 6 heteroatoms. The summed E-state index contributed by atoms with van der Waals surface area (Å²) >= 11 is 1.26. The molecule has 0 aromatic carbocycles. The molecule has 2 rings (SSSR count). The van der Waals surface area contributed by atoms with Crippen LogP contribution in [0.2, 0.25) is 0 Å². The smallest absolute Gasteiger partial charge is 0.313 e. The Labute approximate surface area is 122 Å². The van der Waals surface area contributed by atoms with Gasteiger partial charge in [-0.25, -0.2) is 4.98 Å². The zero-order valence-electron chi connectivity index (χ0n) is 11.9. The van der Waals surface area contributed by atoms with Gasteiger partial charge in [0.15, 0.2) is 5.16 Å². The molecule has 0 fully saturated rings. The number of thioether (sulfide) groups is 1. The number of nitrogens with zero attached hydrogens (tertiary/aromatic N) is 3. The van der Waals surface area contributed by atoms with E-state index in [1.165, 1.54) is 11.8 Å². The largest absolute Gasteiger partial charge is 0.481 e. The number of aromatic nitrogens is 3. The molecule has 108 valence electrons. The minimum Gasteiger partial charge on any atom is -0.481 e. The molecule has 0 radical (unpaired) electrons. The van der Waals surface area contributed by atoms with Gasteiger partial charge < -0.3 is 9.67 Å². The molecule has 2 aromatic rings. The van der Waals surface area contributed by atoms with E-state index >= 15 is 0 Å². The Morgan fingerprint density at radius 1 is 1.45 bits per heavy atom. The first-order valence-electron chi connectivity index (χ1n) is 6.64. The van der Waals surface area contributed by atoms with Crippen molar-refractivity contribution >= 4 is 28.8 Å². The molecule has 0 saturated carbocycles. The Balaban J connectivity index is 2.36. The van der Waals surface area contributed by atoms with Crippen LogP contribution >= 0.6 is 11.8 Å². The predicted octanol–water partition coefficient (Wildman–Crippen LogP) is 2.90. The summed E-state index contributed by atoms with van der Waals surface area (Å²) in [6.07, 6.45) is 3.46. The van der Waals surface area contributed by atoms with Crippen molar-refractivity contribution in [2.45, 2.75) is 32.5 Å². The number of carboxylic acid groups (broad SMARTS) is 1. The van der Waals surface area contributed by atoms with Crippen molar-refractivity contribution in [1.82, 2.24) is 14.5 Å². The molecular formula is C14H19N3O2S. The van der Waals surface area contributed by atoms with Gasteiger partial charge in [0.2, 0.25) is 0 Å². The summed E-state index contributed by atoms with van der Waals surface area (Å²) in [5.41, 5.74) is 1.83. The first-order chi connectivity index (χ1) is 9.49. The van der Waals surface area contributed by atoms with Gasteiger partial charge in [0, 0.05) is 12.7 Å². The SMILES string of the molecule is CC(C)C(C)Cn1c(SCC(=O)O)nc2cnccc21. The van der Waals surface area contributed by atoms with Crippen LogP contribution < -0.4 is 0 Å². The zero-order chi connectivity index (χ0) is 14.7. The summed E-state index contributed by atoms with van der Waals surface area (Å²) in [6.45, 7) is 7.41. The molecule has 2 heterocycles. The predicted molar refractivity (Wildman–Crippen MR) is 79.9 cm³/mol. The fourth-order valence-electron chi connectivity index (χ4n) is 1.87. The van der Waals surface area contributed by atoms with Crippen molar-refractivity contribution in [2.24, 2.45) is 11.8 Å². The van der Waals surface area contributed by atoms with Gasteiger partial charge in [-0.1, -0.05) is 32.5 Å². The Morgan fingerprint density at radius 2 is 2.20 bits per heavy atom. The quantitative estimate of drug-likeness (QED) is 0.829. The minimum atomic E-state index is -0.830. The summed E-state index contributed by atoms with van der Waals surface area (Å²) in [7, 11) is 0. The van der Waals surface area contributed by atoms with Crippen LogP contribution in [0.25, 0.3) is 11.0 Å². The van der Waals surface area contributed by atoms with Gasteiger partial charge in [0.1, 0.15) is 5.52 Å². The maximum atomic E-state index is 10.8. The molecule has 0 aliphatic rings. The van der Waals surface area contributed by atoms with E-state index in [-0.39, 0.29) is 5.75 Å². The van der Waals surface area contributed by atoms with Gasteiger partial charge in [0.25, 0.3) is 0 Å². The van der Waals surface area contributed by atoms with Crippen molar-refractivity contribution in [3.05, 3.63) is 18.5 Å². The van der Waals surface area contributed by atoms with Gasteiger partial charge in [-0.05, 0) is 17.9 Å². The molecule has 2 aromatic heterocycles. The lowest BCUT2D eigenvalue weighted by Crippen LogP contribution is -2.14. The van der Waals surface area contributed by atoms with E-state index in [9.17, 15) is 4.79 Å². The van der Waals surface area contributed by atoms with E-state index in [0.29, 0.717) is 11.8 Å². The van der Waals surface area contributed by atoms with Gasteiger partial charge in [-0.2, -0.15) is 0 Å². The van der Waals surface area contributed by atoms with E-state index in [4.69, 9.17) is 5.11 Å². The van der Waals surface area contributed by atoms with Gasteiger partial charge in [-0.15, -0.1) is 0 Å². The third-order valence-electron chi connectivity index (χ3n) is 3.45. The fraction of sp³-hybridized carbons (Fsp3) is 0.500. The molecule has 1 atom stereocenters. The Kier molecular flexibility index (Phi) is 4.65. The number of fused-ring (bicyclic) bond motifs is 1. The van der Waals surface area contributed by atoms with E-state index in [1.54, 1.807) is 12.4 Å². The first kappa shape index (κ1) is 14.8. The summed E-state index contributed by atoms with van der Waals surface area (Å²) in [5.74, 6) is 0.243. The van der Waals surface area contributed by atoms with Crippen LogP contribution in [0.5, 0.6) is 0 Å². The van der Waals surface area contributed by atoms with Crippen LogP contribution in [0.15, 0.2) is 23.6 Å². The molecule has 0 aliphatic carbocycles. The lowest BCUT2D eigenvalue weighted by molar-refractivity contribution is -0.133. The van der Waals surface area contributed by atoms with E-state index in [1.807, 2.05) is 6.07 Å². The fourth-order valence-corrected chi connectivity index (χ4v) is 2.62. The monoisotopic (exact) mass is 293 g/mol. The maximum absolute atomic E-state index is 10.8. The number of carbonyl (C=O) groups is 1. The van der Waals surface area contributed by atoms with Crippen molar-refractivity contribution in [2.75, 3.05) is 5.75 Å². The topological polar surface area (TPSA) is 68.0 Å². The number of pyridine rings is 1. The van der Waals surface area contributed by atoms with E-state index in [0.717, 1.165) is 22.7 Å². The molecule has 0 spiro atoms. The molecule has 0 bridgehead atoms. The van der Waals surface area contributed by atoms with Crippen molar-refractivity contribution in [3.8, 4) is 0 Å². The molecule has 1 N–H and O–H groups in total. The average molecular weight is 293 g/mol. The van der Waals surface area contributed by atoms with Crippen molar-refractivity contribution in [3.63, 3.8) is 0 Å². The standard InChI is InChI=1S/C14H19N3O2S/c1-9(2)10(3)7-17-12-4-5-15-6-11(12)16-14(17)20-8-13(18)19/h4-6,9-10H,7-8H2,1-3H3,(H,18,19). The third-order valence-corrected chi connectivity index (χ3v) is 4.41. The number of rotatable bonds is 6. The highest BCUT2D eigenvalue weighted by Gasteiger charge is 2.16. The van der Waals surface area contributed by atoms with Gasteiger partial charge in [-0.3, -0.25) is 9.78 Å². The minimum absolute atomic E-state index is 0.0206. The molecular weight excluding hydrogens is 274 g/mol. The average Bonchev–Trinajstić information content (AvgIpc) is 2.74. The van der Waals surface area contributed by atoms with E-state index < -0.39 is 5.97 Å². The highest BCUT2D eigenvalue weighted by Crippen LogP contribution is 2.26. The van der Waals surface area contributed by atoms with E-state index in [2.05, 4.69) is 35.3 Å². The molecule has 1 unspecified atom stereocenters. The van der Waals surface area contributed by atoms with Gasteiger partial charge in [0.05, 0.1) is 17.5 Å². The molecule has 20 heavy (non-hydrogen) atoms. The molecule has 0 amide bonds. The van der Waals surface area contributed by atoms with Crippen LogP contribution in [-0.4, -0.2) is 31.4 Å². The Bertz CT molecular complexity index is 609. The summed E-state index contributed by atoms with van der Waals surface area (Å²) < 4.78 is 2.11. The van der Waals surface area contributed by atoms with Crippen molar-refractivity contribution < 1.29 is 9.90 Å². The number of hydrogen-bond donors (Lipinski definition) is 1. The van der Waals surface area contributed by atoms with Gasteiger partial charge >= 0.3 is 5.97 Å². The number of hydrogen-bond acceptors (Lipinski definition) is 4. The summed E-state index contributed by atoms with van der Waals surface area (Å²) in [4.78, 5) is 19.3. The highest BCUT2D eigenvalue weighted by molar-refractivity contribution is 7.99. The normalized spacial score (nSPS) is 13.0. The Hall–Kier alpha value is -1.56. The zero-order valence-corrected chi connectivity index (χ0v) is 12.7. The first-order valence-corrected chi connectivity index (χ1v) is 7.62. The van der Waals surface area contributed by atoms with Crippen LogP contribution in [0.4, 0.5) is 0 Å². The maximum Gasteiger partial charge on any atom is 0.313 e. The number of aliphatic carboxylic acids is 1. The second kappa shape index (κ2) is 6.26. The number of imidazole rings is 1. The summed E-state index contributed by atoms with van der Waals surface area (Å²) in [6, 6.07) is 1.93. The second-order valence-corrected chi connectivity index (χ2v) is 6.22. The van der Waals surface area contributed by atoms with Crippen LogP contribution in [0.1, 0.15) is 20.8 Å². The second-order valence-electron chi connectivity index (χ2n) is 5.27. The Morgan fingerprint density at radius 3 is 2.85 bits per heavy atom. The molecule has 0 saturated heterocycles. The van der Waals surface area contributed by atoms with Crippen LogP contribution in [0, 0.1) is 11.8 Å². The van der Waals surface area contributed by atoms with Crippen LogP contribution in [0.3, 0.4) is 0 Å². The van der Waals surface area contributed by atoms with Crippen LogP contribution in [-0.2, 0) is 11.3 Å². The lowest BCUT2D eigenvalue weighted by atomic mass is 9.98. The molecule has 5 nitrogen and oxygen atoms in total. The lowest BCUT2D eigenvalue weighted by Gasteiger charge is -2.18. The third kappa shape index (κ3) is 3.30. The summed E-state index contributed by atoms with van der Waals surface area (Å²) in [5, 5.41) is 9.59. The highest BCUT2D eigenvalue weighted by atomic mass is 32.2.